The number of carboxylic acid groups (broad SMARTS) is 1. The van der Waals surface area contributed by atoms with Crippen LogP contribution in [0.25, 0.3) is 10.9 Å². The molecule has 1 aromatic heterocycles. The number of aromatic nitrogens is 2. The Balaban J connectivity index is 1.66. The second kappa shape index (κ2) is 9.88. The van der Waals surface area contributed by atoms with Crippen molar-refractivity contribution in [2.75, 3.05) is 7.11 Å². The largest absolute Gasteiger partial charge is 0.493 e. The topological polar surface area (TPSA) is 103 Å². The highest BCUT2D eigenvalue weighted by molar-refractivity contribution is 9.10. The third kappa shape index (κ3) is 4.84. The lowest BCUT2D eigenvalue weighted by Crippen LogP contribution is -2.20. The molecule has 172 valence electrons. The zero-order valence-electron chi connectivity index (χ0n) is 18.4. The number of carbonyl (C=O) groups is 1. The van der Waals surface area contributed by atoms with Crippen molar-refractivity contribution in [3.63, 3.8) is 0 Å². The molecule has 0 fully saturated rings. The van der Waals surface area contributed by atoms with Crippen molar-refractivity contribution in [1.29, 1.82) is 0 Å². The van der Waals surface area contributed by atoms with E-state index in [1.165, 1.54) is 30.1 Å². The molecule has 0 saturated carbocycles. The SMILES string of the molecule is COc1cccc(C=Nn2c(C)nc3ccc(Br)cc3c2=O)c1OCc1ccc(C(=O)O)cc1. The Morgan fingerprint density at radius 1 is 1.18 bits per heavy atom. The molecule has 4 aromatic rings. The van der Waals surface area contributed by atoms with Gasteiger partial charge < -0.3 is 14.6 Å². The molecular formula is C25H20BrN3O5. The van der Waals surface area contributed by atoms with Crippen molar-refractivity contribution >= 4 is 39.0 Å². The average Bonchev–Trinajstić information content (AvgIpc) is 2.83. The maximum Gasteiger partial charge on any atom is 0.335 e. The van der Waals surface area contributed by atoms with Gasteiger partial charge in [0.1, 0.15) is 12.4 Å². The molecule has 34 heavy (non-hydrogen) atoms. The van der Waals surface area contributed by atoms with E-state index >= 15 is 0 Å². The van der Waals surface area contributed by atoms with Crippen LogP contribution >= 0.6 is 15.9 Å². The zero-order chi connectivity index (χ0) is 24.2. The van der Waals surface area contributed by atoms with Crippen LogP contribution in [-0.4, -0.2) is 34.1 Å². The van der Waals surface area contributed by atoms with Gasteiger partial charge in [-0.15, -0.1) is 0 Å². The Labute approximate surface area is 203 Å². The number of aromatic carboxylic acids is 1. The number of nitrogens with zero attached hydrogens (tertiary/aromatic N) is 3. The van der Waals surface area contributed by atoms with Gasteiger partial charge in [0, 0.05) is 10.0 Å². The van der Waals surface area contributed by atoms with Gasteiger partial charge in [-0.25, -0.2) is 9.78 Å². The van der Waals surface area contributed by atoms with E-state index in [-0.39, 0.29) is 17.7 Å². The van der Waals surface area contributed by atoms with E-state index in [0.717, 1.165) is 10.0 Å². The maximum absolute atomic E-state index is 13.0. The number of benzene rings is 3. The molecule has 4 rings (SSSR count). The molecule has 0 aliphatic carbocycles. The van der Waals surface area contributed by atoms with Gasteiger partial charge in [0.05, 0.1) is 29.8 Å². The van der Waals surface area contributed by atoms with Crippen molar-refractivity contribution < 1.29 is 19.4 Å². The van der Waals surface area contributed by atoms with Gasteiger partial charge in [-0.05, 0) is 55.0 Å². The monoisotopic (exact) mass is 521 g/mol. The number of rotatable bonds is 7. The van der Waals surface area contributed by atoms with E-state index in [9.17, 15) is 9.59 Å². The summed E-state index contributed by atoms with van der Waals surface area (Å²) in [4.78, 5) is 28.5. The molecule has 0 spiro atoms. The van der Waals surface area contributed by atoms with Crippen molar-refractivity contribution in [2.24, 2.45) is 5.10 Å². The van der Waals surface area contributed by atoms with Gasteiger partial charge in [0.15, 0.2) is 11.5 Å². The second-order valence-electron chi connectivity index (χ2n) is 7.35. The van der Waals surface area contributed by atoms with E-state index in [0.29, 0.717) is 33.8 Å². The summed E-state index contributed by atoms with van der Waals surface area (Å²) in [6.07, 6.45) is 1.52. The highest BCUT2D eigenvalue weighted by Gasteiger charge is 2.12. The minimum absolute atomic E-state index is 0.186. The average molecular weight is 522 g/mol. The number of halogens is 1. The molecule has 0 saturated heterocycles. The predicted octanol–water partition coefficient (Wildman–Crippen LogP) is 4.64. The quantitative estimate of drug-likeness (QED) is 0.355. The van der Waals surface area contributed by atoms with Crippen LogP contribution in [0.1, 0.15) is 27.3 Å². The first kappa shape index (κ1) is 23.2. The van der Waals surface area contributed by atoms with Crippen LogP contribution in [0.5, 0.6) is 11.5 Å². The van der Waals surface area contributed by atoms with Crippen LogP contribution in [0.3, 0.4) is 0 Å². The maximum atomic E-state index is 13.0. The highest BCUT2D eigenvalue weighted by Crippen LogP contribution is 2.31. The van der Waals surface area contributed by atoms with E-state index in [4.69, 9.17) is 14.6 Å². The van der Waals surface area contributed by atoms with Gasteiger partial charge in [0.25, 0.3) is 5.56 Å². The molecular weight excluding hydrogens is 502 g/mol. The Morgan fingerprint density at radius 3 is 2.65 bits per heavy atom. The van der Waals surface area contributed by atoms with Gasteiger partial charge >= 0.3 is 5.97 Å². The minimum Gasteiger partial charge on any atom is -0.493 e. The number of aryl methyl sites for hydroxylation is 1. The summed E-state index contributed by atoms with van der Waals surface area (Å²) in [6.45, 7) is 1.90. The molecule has 0 unspecified atom stereocenters. The fourth-order valence-electron chi connectivity index (χ4n) is 3.36. The summed E-state index contributed by atoms with van der Waals surface area (Å²) >= 11 is 3.38. The highest BCUT2D eigenvalue weighted by atomic mass is 79.9. The van der Waals surface area contributed by atoms with Gasteiger partial charge in [-0.1, -0.05) is 34.1 Å². The van der Waals surface area contributed by atoms with Gasteiger partial charge in [-0.3, -0.25) is 4.79 Å². The lowest BCUT2D eigenvalue weighted by Gasteiger charge is -2.13. The molecule has 0 aliphatic rings. The van der Waals surface area contributed by atoms with Crippen LogP contribution in [0.15, 0.2) is 75.0 Å². The number of hydrogen-bond acceptors (Lipinski definition) is 6. The predicted molar refractivity (Wildman–Crippen MR) is 132 cm³/mol. The normalized spacial score (nSPS) is 11.1. The van der Waals surface area contributed by atoms with Gasteiger partial charge in [-0.2, -0.15) is 9.78 Å². The first-order chi connectivity index (χ1) is 16.4. The summed E-state index contributed by atoms with van der Waals surface area (Å²) in [7, 11) is 1.53. The number of carboxylic acids is 1. The number of methoxy groups -OCH3 is 1. The van der Waals surface area contributed by atoms with Crippen LogP contribution in [0.2, 0.25) is 0 Å². The van der Waals surface area contributed by atoms with Crippen molar-refractivity contribution in [2.45, 2.75) is 13.5 Å². The Morgan fingerprint density at radius 2 is 1.94 bits per heavy atom. The molecule has 0 aliphatic heterocycles. The molecule has 0 bridgehead atoms. The minimum atomic E-state index is -0.989. The van der Waals surface area contributed by atoms with Gasteiger partial charge in [0.2, 0.25) is 0 Å². The second-order valence-corrected chi connectivity index (χ2v) is 8.27. The Hall–Kier alpha value is -3.98. The molecule has 8 nitrogen and oxygen atoms in total. The standard InChI is InChI=1S/C25H20BrN3O5/c1-15-28-21-11-10-19(26)12-20(21)24(30)29(15)27-13-18-4-3-5-22(33-2)23(18)34-14-16-6-8-17(9-7-16)25(31)32/h3-13H,14H2,1-2H3,(H,31,32). The smallest absolute Gasteiger partial charge is 0.335 e. The van der Waals surface area contributed by atoms with E-state index < -0.39 is 5.97 Å². The van der Waals surface area contributed by atoms with Crippen LogP contribution in [0, 0.1) is 6.92 Å². The third-order valence-corrected chi connectivity index (χ3v) is 5.59. The molecule has 1 N–H and O–H groups in total. The van der Waals surface area contributed by atoms with Crippen molar-refractivity contribution in [3.8, 4) is 11.5 Å². The molecule has 0 radical (unpaired) electrons. The van der Waals surface area contributed by atoms with E-state index in [1.54, 1.807) is 49.4 Å². The zero-order valence-corrected chi connectivity index (χ0v) is 19.9. The van der Waals surface area contributed by atoms with Crippen molar-refractivity contribution in [3.05, 3.63) is 98.0 Å². The first-order valence-electron chi connectivity index (χ1n) is 10.2. The van der Waals surface area contributed by atoms with Crippen LogP contribution in [0.4, 0.5) is 0 Å². The summed E-state index contributed by atoms with van der Waals surface area (Å²) in [5.74, 6) is 0.394. The van der Waals surface area contributed by atoms with E-state index in [2.05, 4.69) is 26.0 Å². The summed E-state index contributed by atoms with van der Waals surface area (Å²) < 4.78 is 13.5. The molecule has 0 amide bonds. The van der Waals surface area contributed by atoms with Crippen LogP contribution in [-0.2, 0) is 6.61 Å². The number of hydrogen-bond donors (Lipinski definition) is 1. The first-order valence-corrected chi connectivity index (χ1v) is 11.0. The fraction of sp³-hybridized carbons (Fsp3) is 0.120. The number of para-hydroxylation sites is 1. The summed E-state index contributed by atoms with van der Waals surface area (Å²) in [5, 5.41) is 13.9. The molecule has 0 atom stereocenters. The lowest BCUT2D eigenvalue weighted by molar-refractivity contribution is 0.0697. The Kier molecular flexibility index (Phi) is 6.74. The van der Waals surface area contributed by atoms with Crippen LogP contribution < -0.4 is 15.0 Å². The number of fused-ring (bicyclic) bond motifs is 1. The molecule has 3 aromatic carbocycles. The third-order valence-electron chi connectivity index (χ3n) is 5.10. The summed E-state index contributed by atoms with van der Waals surface area (Å²) in [6, 6.07) is 17.1. The lowest BCUT2D eigenvalue weighted by atomic mass is 10.1. The van der Waals surface area contributed by atoms with Crippen molar-refractivity contribution in [1.82, 2.24) is 9.66 Å². The molecule has 9 heteroatoms. The number of ether oxygens (including phenoxy) is 2. The van der Waals surface area contributed by atoms with E-state index in [1.807, 2.05) is 6.07 Å². The summed E-state index contributed by atoms with van der Waals surface area (Å²) in [5.41, 5.74) is 1.89. The molecule has 1 heterocycles. The fourth-order valence-corrected chi connectivity index (χ4v) is 3.73. The Bertz CT molecular complexity index is 1460.